The zero-order valence-corrected chi connectivity index (χ0v) is 12.7. The number of nitrogens with one attached hydrogen (secondary N) is 1. The van der Waals surface area contributed by atoms with Gasteiger partial charge < -0.3 is 10.2 Å². The van der Waals surface area contributed by atoms with E-state index < -0.39 is 0 Å². The Labute approximate surface area is 108 Å². The second-order valence-electron chi connectivity index (χ2n) is 6.65. The Morgan fingerprint density at radius 3 is 2.24 bits per heavy atom. The minimum Gasteiger partial charge on any atom is -0.312 e. The Morgan fingerprint density at radius 1 is 1.12 bits per heavy atom. The third kappa shape index (κ3) is 4.59. The van der Waals surface area contributed by atoms with Gasteiger partial charge in [0.2, 0.25) is 0 Å². The summed E-state index contributed by atoms with van der Waals surface area (Å²) in [5.74, 6) is 2.53. The molecule has 0 aromatic heterocycles. The maximum atomic E-state index is 3.79. The first kappa shape index (κ1) is 15.0. The highest BCUT2D eigenvalue weighted by Gasteiger charge is 2.25. The van der Waals surface area contributed by atoms with Crippen LogP contribution in [0.4, 0.5) is 0 Å². The van der Waals surface area contributed by atoms with Gasteiger partial charge in [0.05, 0.1) is 0 Å². The Bertz CT molecular complexity index is 205. The molecule has 1 N–H and O–H groups in total. The van der Waals surface area contributed by atoms with Crippen molar-refractivity contribution in [2.75, 3.05) is 20.6 Å². The van der Waals surface area contributed by atoms with Crippen LogP contribution < -0.4 is 5.32 Å². The van der Waals surface area contributed by atoms with Crippen molar-refractivity contribution in [2.45, 2.75) is 59.0 Å². The van der Waals surface area contributed by atoms with Crippen molar-refractivity contribution < 1.29 is 0 Å². The van der Waals surface area contributed by atoms with Crippen LogP contribution in [0.1, 0.15) is 47.0 Å². The van der Waals surface area contributed by atoms with Crippen molar-refractivity contribution in [3.05, 3.63) is 0 Å². The monoisotopic (exact) mass is 240 g/mol. The molecule has 1 rings (SSSR count). The summed E-state index contributed by atoms with van der Waals surface area (Å²) in [5.41, 5.74) is 0. The van der Waals surface area contributed by atoms with Crippen LogP contribution in [0.2, 0.25) is 0 Å². The molecule has 0 heterocycles. The van der Waals surface area contributed by atoms with Crippen LogP contribution in [0.5, 0.6) is 0 Å². The average molecular weight is 240 g/mol. The molecule has 0 aromatic carbocycles. The lowest BCUT2D eigenvalue weighted by Gasteiger charge is -2.35. The smallest absolute Gasteiger partial charge is 0.0237 e. The maximum absolute atomic E-state index is 3.79. The Kier molecular flexibility index (Phi) is 5.94. The summed E-state index contributed by atoms with van der Waals surface area (Å²) in [6.07, 6.45) is 4.12. The van der Waals surface area contributed by atoms with E-state index in [9.17, 15) is 0 Å². The van der Waals surface area contributed by atoms with Crippen LogP contribution in [0.3, 0.4) is 0 Å². The molecule has 2 heteroatoms. The third-order valence-electron chi connectivity index (χ3n) is 4.65. The van der Waals surface area contributed by atoms with E-state index in [2.05, 4.69) is 52.0 Å². The second kappa shape index (κ2) is 6.75. The van der Waals surface area contributed by atoms with Crippen LogP contribution in [0, 0.1) is 17.8 Å². The lowest BCUT2D eigenvalue weighted by atomic mass is 9.79. The third-order valence-corrected chi connectivity index (χ3v) is 4.65. The molecule has 1 fully saturated rings. The van der Waals surface area contributed by atoms with Gasteiger partial charge in [0, 0.05) is 18.6 Å². The molecule has 4 unspecified atom stereocenters. The predicted molar refractivity (Wildman–Crippen MR) is 76.3 cm³/mol. The summed E-state index contributed by atoms with van der Waals surface area (Å²) in [6.45, 7) is 10.6. The molecule has 0 spiro atoms. The van der Waals surface area contributed by atoms with Crippen molar-refractivity contribution in [1.29, 1.82) is 0 Å². The van der Waals surface area contributed by atoms with Gasteiger partial charge in [0.25, 0.3) is 0 Å². The molecule has 0 aliphatic heterocycles. The van der Waals surface area contributed by atoms with Crippen molar-refractivity contribution in [2.24, 2.45) is 17.8 Å². The van der Waals surface area contributed by atoms with Crippen LogP contribution in [-0.4, -0.2) is 37.6 Å². The fourth-order valence-electron chi connectivity index (χ4n) is 3.03. The Hall–Kier alpha value is -0.0800. The standard InChI is InChI=1S/C15H32N2/c1-11(2)15(17(5)6)10-16-14-8-7-12(3)13(4)9-14/h11-16H,7-10H2,1-6H3. The molecule has 0 bridgehead atoms. The van der Waals surface area contributed by atoms with Crippen LogP contribution in [0.15, 0.2) is 0 Å². The number of likely N-dealkylation sites (N-methyl/N-ethyl adjacent to an activating group) is 1. The Morgan fingerprint density at radius 2 is 1.76 bits per heavy atom. The quantitative estimate of drug-likeness (QED) is 0.795. The maximum Gasteiger partial charge on any atom is 0.0237 e. The van der Waals surface area contributed by atoms with E-state index >= 15 is 0 Å². The van der Waals surface area contributed by atoms with E-state index in [1.165, 1.54) is 19.3 Å². The fourth-order valence-corrected chi connectivity index (χ4v) is 3.03. The lowest BCUT2D eigenvalue weighted by molar-refractivity contribution is 0.187. The number of rotatable bonds is 5. The molecule has 1 saturated carbocycles. The van der Waals surface area contributed by atoms with Gasteiger partial charge in [-0.05, 0) is 51.1 Å². The van der Waals surface area contributed by atoms with Crippen LogP contribution >= 0.6 is 0 Å². The largest absolute Gasteiger partial charge is 0.312 e. The number of hydrogen-bond acceptors (Lipinski definition) is 2. The summed E-state index contributed by atoms with van der Waals surface area (Å²) >= 11 is 0. The summed E-state index contributed by atoms with van der Waals surface area (Å²) < 4.78 is 0. The topological polar surface area (TPSA) is 15.3 Å². The van der Waals surface area contributed by atoms with Gasteiger partial charge in [-0.2, -0.15) is 0 Å². The van der Waals surface area contributed by atoms with E-state index in [-0.39, 0.29) is 0 Å². The zero-order chi connectivity index (χ0) is 13.0. The molecule has 0 amide bonds. The first-order valence-corrected chi connectivity index (χ1v) is 7.31. The molecular weight excluding hydrogens is 208 g/mol. The van der Waals surface area contributed by atoms with Gasteiger partial charge >= 0.3 is 0 Å². The fraction of sp³-hybridized carbons (Fsp3) is 1.00. The molecule has 0 aromatic rings. The first-order valence-electron chi connectivity index (χ1n) is 7.31. The second-order valence-corrected chi connectivity index (χ2v) is 6.65. The van der Waals surface area contributed by atoms with Crippen molar-refractivity contribution in [1.82, 2.24) is 10.2 Å². The molecular formula is C15H32N2. The predicted octanol–water partition coefficient (Wildman–Crippen LogP) is 2.99. The molecule has 2 nitrogen and oxygen atoms in total. The summed E-state index contributed by atoms with van der Waals surface area (Å²) in [4.78, 5) is 2.35. The SMILES string of the molecule is CC(C)C(CNC1CCC(C)C(C)C1)N(C)C. The highest BCUT2D eigenvalue weighted by atomic mass is 15.1. The van der Waals surface area contributed by atoms with Crippen molar-refractivity contribution in [3.63, 3.8) is 0 Å². The van der Waals surface area contributed by atoms with Crippen LogP contribution in [-0.2, 0) is 0 Å². The summed E-state index contributed by atoms with van der Waals surface area (Å²) in [7, 11) is 4.38. The van der Waals surface area contributed by atoms with E-state index in [0.29, 0.717) is 6.04 Å². The highest BCUT2D eigenvalue weighted by Crippen LogP contribution is 2.29. The highest BCUT2D eigenvalue weighted by molar-refractivity contribution is 4.82. The van der Waals surface area contributed by atoms with Crippen molar-refractivity contribution >= 4 is 0 Å². The molecule has 1 aliphatic rings. The van der Waals surface area contributed by atoms with Crippen LogP contribution in [0.25, 0.3) is 0 Å². The van der Waals surface area contributed by atoms with Gasteiger partial charge in [-0.15, -0.1) is 0 Å². The molecule has 1 aliphatic carbocycles. The first-order chi connectivity index (χ1) is 7.91. The summed E-state index contributed by atoms with van der Waals surface area (Å²) in [6, 6.07) is 1.41. The van der Waals surface area contributed by atoms with E-state index in [4.69, 9.17) is 0 Å². The van der Waals surface area contributed by atoms with E-state index in [0.717, 1.165) is 30.3 Å². The normalized spacial score (nSPS) is 32.1. The van der Waals surface area contributed by atoms with Crippen molar-refractivity contribution in [3.8, 4) is 0 Å². The van der Waals surface area contributed by atoms with Gasteiger partial charge in [0.15, 0.2) is 0 Å². The molecule has 0 radical (unpaired) electrons. The van der Waals surface area contributed by atoms with Gasteiger partial charge in [-0.1, -0.05) is 27.7 Å². The van der Waals surface area contributed by atoms with Gasteiger partial charge in [0.1, 0.15) is 0 Å². The number of nitrogens with zero attached hydrogens (tertiary/aromatic N) is 1. The zero-order valence-electron chi connectivity index (χ0n) is 12.7. The summed E-state index contributed by atoms with van der Waals surface area (Å²) in [5, 5.41) is 3.79. The van der Waals surface area contributed by atoms with Gasteiger partial charge in [-0.3, -0.25) is 0 Å². The minimum atomic E-state index is 0.657. The van der Waals surface area contributed by atoms with E-state index in [1.807, 2.05) is 0 Å². The minimum absolute atomic E-state index is 0.657. The molecule has 102 valence electrons. The Balaban J connectivity index is 2.34. The lowest BCUT2D eigenvalue weighted by Crippen LogP contribution is -2.46. The molecule has 17 heavy (non-hydrogen) atoms. The van der Waals surface area contributed by atoms with E-state index in [1.54, 1.807) is 0 Å². The number of hydrogen-bond donors (Lipinski definition) is 1. The molecule has 4 atom stereocenters. The van der Waals surface area contributed by atoms with Gasteiger partial charge in [-0.25, -0.2) is 0 Å². The molecule has 0 saturated heterocycles. The average Bonchev–Trinajstić information content (AvgIpc) is 2.22.